The Hall–Kier alpha value is -1.84. The highest BCUT2D eigenvalue weighted by Gasteiger charge is 2.11. The molecule has 4 nitrogen and oxygen atoms in total. The van der Waals surface area contributed by atoms with Crippen LogP contribution in [-0.4, -0.2) is 17.0 Å². The van der Waals surface area contributed by atoms with Crippen LogP contribution in [0.15, 0.2) is 18.2 Å². The lowest BCUT2D eigenvalue weighted by molar-refractivity contribution is -0.119. The number of carbonyl (C=O) groups is 2. The summed E-state index contributed by atoms with van der Waals surface area (Å²) in [6.07, 6.45) is 0. The molecule has 16 heavy (non-hydrogen) atoms. The van der Waals surface area contributed by atoms with Gasteiger partial charge in [0.1, 0.15) is 0 Å². The Morgan fingerprint density at radius 3 is 2.44 bits per heavy atom. The van der Waals surface area contributed by atoms with Gasteiger partial charge in [-0.25, -0.2) is 4.79 Å². The molecular formula is C12H15NO3. The van der Waals surface area contributed by atoms with Crippen LogP contribution in [0.1, 0.15) is 41.4 Å². The lowest BCUT2D eigenvalue weighted by Crippen LogP contribution is -2.23. The Kier molecular flexibility index (Phi) is 3.66. The summed E-state index contributed by atoms with van der Waals surface area (Å²) in [5.41, 5.74) is 1.89. The first-order chi connectivity index (χ1) is 7.41. The van der Waals surface area contributed by atoms with Crippen LogP contribution in [0.3, 0.4) is 0 Å². The van der Waals surface area contributed by atoms with E-state index in [0.717, 1.165) is 5.56 Å². The number of aryl methyl sites for hydroxylation is 1. The first-order valence-corrected chi connectivity index (χ1v) is 5.02. The van der Waals surface area contributed by atoms with E-state index < -0.39 is 5.97 Å². The van der Waals surface area contributed by atoms with E-state index in [1.54, 1.807) is 25.1 Å². The molecule has 0 radical (unpaired) electrons. The van der Waals surface area contributed by atoms with Gasteiger partial charge in [0, 0.05) is 6.92 Å². The predicted octanol–water partition coefficient (Wildman–Crippen LogP) is 1.89. The highest BCUT2D eigenvalue weighted by molar-refractivity contribution is 5.89. The topological polar surface area (TPSA) is 66.4 Å². The third-order valence-electron chi connectivity index (χ3n) is 2.40. The third-order valence-corrected chi connectivity index (χ3v) is 2.40. The molecule has 1 amide bonds. The third kappa shape index (κ3) is 2.82. The van der Waals surface area contributed by atoms with Gasteiger partial charge in [-0.15, -0.1) is 0 Å². The zero-order valence-corrected chi connectivity index (χ0v) is 9.57. The lowest BCUT2D eigenvalue weighted by atomic mass is 10.0. The van der Waals surface area contributed by atoms with E-state index in [1.165, 1.54) is 6.92 Å². The van der Waals surface area contributed by atoms with E-state index in [0.29, 0.717) is 11.1 Å². The summed E-state index contributed by atoms with van der Waals surface area (Å²) >= 11 is 0. The number of carbonyl (C=O) groups excluding carboxylic acids is 1. The second kappa shape index (κ2) is 4.79. The number of hydrogen-bond donors (Lipinski definition) is 2. The maximum atomic E-state index is 10.9. The van der Waals surface area contributed by atoms with E-state index in [2.05, 4.69) is 5.32 Å². The summed E-state index contributed by atoms with van der Waals surface area (Å²) in [7, 11) is 0. The van der Waals surface area contributed by atoms with Gasteiger partial charge in [-0.1, -0.05) is 12.1 Å². The van der Waals surface area contributed by atoms with Crippen LogP contribution in [0.2, 0.25) is 0 Å². The largest absolute Gasteiger partial charge is 0.478 e. The molecular weight excluding hydrogens is 206 g/mol. The minimum Gasteiger partial charge on any atom is -0.478 e. The van der Waals surface area contributed by atoms with Crippen molar-refractivity contribution in [1.82, 2.24) is 5.32 Å². The maximum Gasteiger partial charge on any atom is 0.335 e. The highest BCUT2D eigenvalue weighted by atomic mass is 16.4. The Bertz CT molecular complexity index is 426. The van der Waals surface area contributed by atoms with Crippen LogP contribution in [0.25, 0.3) is 0 Å². The monoisotopic (exact) mass is 221 g/mol. The molecule has 0 bridgehead atoms. The number of carboxylic acids is 1. The van der Waals surface area contributed by atoms with Crippen molar-refractivity contribution in [2.24, 2.45) is 0 Å². The standard InChI is InChI=1S/C12H15NO3/c1-7-6-10(8(2)13-9(3)14)4-5-11(7)12(15)16/h4-6,8H,1-3H3,(H,13,14)(H,15,16). The van der Waals surface area contributed by atoms with Crippen molar-refractivity contribution in [2.75, 3.05) is 0 Å². The SMILES string of the molecule is CC(=O)NC(C)c1ccc(C(=O)O)c(C)c1. The number of hydrogen-bond acceptors (Lipinski definition) is 2. The van der Waals surface area contributed by atoms with Crippen LogP contribution in [-0.2, 0) is 4.79 Å². The fourth-order valence-corrected chi connectivity index (χ4v) is 1.58. The summed E-state index contributed by atoms with van der Waals surface area (Å²) in [5.74, 6) is -1.04. The maximum absolute atomic E-state index is 10.9. The summed E-state index contributed by atoms with van der Waals surface area (Å²) in [6, 6.07) is 4.95. The molecule has 0 spiro atoms. The van der Waals surface area contributed by atoms with Gasteiger partial charge in [0.15, 0.2) is 0 Å². The quantitative estimate of drug-likeness (QED) is 0.819. The molecule has 0 aliphatic heterocycles. The van der Waals surface area contributed by atoms with E-state index in [1.807, 2.05) is 6.92 Å². The highest BCUT2D eigenvalue weighted by Crippen LogP contribution is 2.17. The van der Waals surface area contributed by atoms with Crippen molar-refractivity contribution in [1.29, 1.82) is 0 Å². The van der Waals surface area contributed by atoms with Gasteiger partial charge >= 0.3 is 5.97 Å². The minimum absolute atomic E-state index is 0.104. The van der Waals surface area contributed by atoms with Crippen LogP contribution in [0.4, 0.5) is 0 Å². The molecule has 1 rings (SSSR count). The van der Waals surface area contributed by atoms with E-state index >= 15 is 0 Å². The van der Waals surface area contributed by atoms with Gasteiger partial charge < -0.3 is 10.4 Å². The zero-order valence-electron chi connectivity index (χ0n) is 9.57. The molecule has 2 N–H and O–H groups in total. The molecule has 1 unspecified atom stereocenters. The number of carboxylic acid groups (broad SMARTS) is 1. The van der Waals surface area contributed by atoms with E-state index in [-0.39, 0.29) is 11.9 Å². The second-order valence-electron chi connectivity index (χ2n) is 3.80. The zero-order chi connectivity index (χ0) is 12.3. The molecule has 0 saturated carbocycles. The Morgan fingerprint density at radius 2 is 2.00 bits per heavy atom. The van der Waals surface area contributed by atoms with Gasteiger partial charge in [-0.05, 0) is 31.0 Å². The molecule has 0 aliphatic rings. The van der Waals surface area contributed by atoms with Crippen molar-refractivity contribution < 1.29 is 14.7 Å². The van der Waals surface area contributed by atoms with Gasteiger partial charge in [-0.3, -0.25) is 4.79 Å². The summed E-state index contributed by atoms with van der Waals surface area (Å²) < 4.78 is 0. The van der Waals surface area contributed by atoms with Gasteiger partial charge in [-0.2, -0.15) is 0 Å². The van der Waals surface area contributed by atoms with Crippen molar-refractivity contribution in [3.63, 3.8) is 0 Å². The van der Waals surface area contributed by atoms with E-state index in [4.69, 9.17) is 5.11 Å². The summed E-state index contributed by atoms with van der Waals surface area (Å²) in [5, 5.41) is 11.6. The number of aromatic carboxylic acids is 1. The van der Waals surface area contributed by atoms with Crippen LogP contribution in [0, 0.1) is 6.92 Å². The average molecular weight is 221 g/mol. The molecule has 0 fully saturated rings. The van der Waals surface area contributed by atoms with Crippen LogP contribution in [0.5, 0.6) is 0 Å². The molecule has 1 atom stereocenters. The number of rotatable bonds is 3. The summed E-state index contributed by atoms with van der Waals surface area (Å²) in [6.45, 7) is 5.05. The number of nitrogens with one attached hydrogen (secondary N) is 1. The number of benzene rings is 1. The second-order valence-corrected chi connectivity index (χ2v) is 3.80. The Balaban J connectivity index is 2.96. The smallest absolute Gasteiger partial charge is 0.335 e. The molecule has 0 aromatic heterocycles. The van der Waals surface area contributed by atoms with Gasteiger partial charge in [0.05, 0.1) is 11.6 Å². The van der Waals surface area contributed by atoms with E-state index in [9.17, 15) is 9.59 Å². The molecule has 86 valence electrons. The van der Waals surface area contributed by atoms with Gasteiger partial charge in [0.25, 0.3) is 0 Å². The summed E-state index contributed by atoms with van der Waals surface area (Å²) in [4.78, 5) is 21.7. The molecule has 0 saturated heterocycles. The molecule has 1 aromatic rings. The Labute approximate surface area is 94.3 Å². The minimum atomic E-state index is -0.934. The van der Waals surface area contributed by atoms with Crippen molar-refractivity contribution >= 4 is 11.9 Å². The Morgan fingerprint density at radius 1 is 1.38 bits per heavy atom. The fourth-order valence-electron chi connectivity index (χ4n) is 1.58. The molecule has 4 heteroatoms. The normalized spacial score (nSPS) is 11.9. The fraction of sp³-hybridized carbons (Fsp3) is 0.333. The van der Waals surface area contributed by atoms with Crippen LogP contribution >= 0.6 is 0 Å². The molecule has 0 heterocycles. The lowest BCUT2D eigenvalue weighted by Gasteiger charge is -2.14. The van der Waals surface area contributed by atoms with Crippen LogP contribution < -0.4 is 5.32 Å². The number of amides is 1. The van der Waals surface area contributed by atoms with Crippen molar-refractivity contribution in [3.8, 4) is 0 Å². The van der Waals surface area contributed by atoms with Gasteiger partial charge in [0.2, 0.25) is 5.91 Å². The van der Waals surface area contributed by atoms with Crippen molar-refractivity contribution in [2.45, 2.75) is 26.8 Å². The first-order valence-electron chi connectivity index (χ1n) is 5.02. The van der Waals surface area contributed by atoms with Crippen molar-refractivity contribution in [3.05, 3.63) is 34.9 Å². The predicted molar refractivity (Wildman–Crippen MR) is 60.4 cm³/mol. The average Bonchev–Trinajstić information content (AvgIpc) is 2.15. The molecule has 1 aromatic carbocycles. The molecule has 0 aliphatic carbocycles. The first kappa shape index (κ1) is 12.2.